The van der Waals surface area contributed by atoms with Gasteiger partial charge < -0.3 is 10.3 Å². The van der Waals surface area contributed by atoms with Gasteiger partial charge in [0.05, 0.1) is 0 Å². The molecule has 0 unspecified atom stereocenters. The normalized spacial score (nSPS) is 12.8. The Morgan fingerprint density at radius 2 is 1.75 bits per heavy atom. The van der Waals surface area contributed by atoms with Crippen molar-refractivity contribution in [2.75, 3.05) is 13.6 Å². The fourth-order valence-corrected chi connectivity index (χ4v) is 0.668. The SMILES string of the molecule is CN([O-])CC(C)(C)C. The molecule has 8 heavy (non-hydrogen) atoms. The summed E-state index contributed by atoms with van der Waals surface area (Å²) in [6, 6.07) is 0. The Morgan fingerprint density at radius 1 is 1.38 bits per heavy atom. The van der Waals surface area contributed by atoms with Gasteiger partial charge in [-0.25, -0.2) is 0 Å². The fourth-order valence-electron chi connectivity index (χ4n) is 0.668. The summed E-state index contributed by atoms with van der Waals surface area (Å²) in [4.78, 5) is 0. The highest BCUT2D eigenvalue weighted by molar-refractivity contribution is 4.65. The van der Waals surface area contributed by atoms with E-state index in [2.05, 4.69) is 0 Å². The van der Waals surface area contributed by atoms with E-state index in [4.69, 9.17) is 0 Å². The van der Waals surface area contributed by atoms with Crippen molar-refractivity contribution in [3.8, 4) is 0 Å². The fraction of sp³-hybridized carbons (Fsp3) is 1.00. The molecule has 0 radical (unpaired) electrons. The van der Waals surface area contributed by atoms with Gasteiger partial charge in [0.25, 0.3) is 0 Å². The molecule has 0 aromatic heterocycles. The first-order valence-corrected chi connectivity index (χ1v) is 2.80. The lowest BCUT2D eigenvalue weighted by atomic mass is 9.97. The zero-order valence-electron chi connectivity index (χ0n) is 6.06. The molecule has 0 rings (SSSR count). The van der Waals surface area contributed by atoms with Crippen molar-refractivity contribution >= 4 is 0 Å². The quantitative estimate of drug-likeness (QED) is 0.485. The molecular weight excluding hydrogens is 102 g/mol. The predicted octanol–water partition coefficient (Wildman–Crippen LogP) is 1.46. The third kappa shape index (κ3) is 5.92. The van der Waals surface area contributed by atoms with E-state index in [-0.39, 0.29) is 5.41 Å². The van der Waals surface area contributed by atoms with Crippen LogP contribution >= 0.6 is 0 Å². The van der Waals surface area contributed by atoms with Gasteiger partial charge in [0, 0.05) is 0 Å². The molecule has 2 heteroatoms. The van der Waals surface area contributed by atoms with Crippen molar-refractivity contribution in [2.45, 2.75) is 20.8 Å². The summed E-state index contributed by atoms with van der Waals surface area (Å²) < 4.78 is 0. The van der Waals surface area contributed by atoms with Crippen LogP contribution in [-0.2, 0) is 0 Å². The maximum atomic E-state index is 10.4. The third-order valence-electron chi connectivity index (χ3n) is 0.697. The van der Waals surface area contributed by atoms with Crippen LogP contribution in [0.5, 0.6) is 0 Å². The molecule has 0 bridgehead atoms. The van der Waals surface area contributed by atoms with Gasteiger partial charge in [-0.05, 0) is 19.0 Å². The van der Waals surface area contributed by atoms with Crippen LogP contribution in [0, 0.1) is 10.6 Å². The lowest BCUT2D eigenvalue weighted by Crippen LogP contribution is -2.24. The number of hydrogen-bond acceptors (Lipinski definition) is 2. The number of hydrogen-bond donors (Lipinski definition) is 0. The van der Waals surface area contributed by atoms with Crippen molar-refractivity contribution < 1.29 is 0 Å². The van der Waals surface area contributed by atoms with Gasteiger partial charge in [-0.1, -0.05) is 20.8 Å². The minimum Gasteiger partial charge on any atom is -0.785 e. The summed E-state index contributed by atoms with van der Waals surface area (Å²) in [5.74, 6) is 0. The second kappa shape index (κ2) is 2.46. The number of nitrogens with zero attached hydrogens (tertiary/aromatic N) is 1. The van der Waals surface area contributed by atoms with E-state index in [9.17, 15) is 5.21 Å². The largest absolute Gasteiger partial charge is 0.785 e. The van der Waals surface area contributed by atoms with Crippen LogP contribution in [0.25, 0.3) is 0 Å². The van der Waals surface area contributed by atoms with Gasteiger partial charge in [0.2, 0.25) is 0 Å². The molecule has 0 aliphatic rings. The summed E-state index contributed by atoms with van der Waals surface area (Å²) in [5.41, 5.74) is 0.135. The monoisotopic (exact) mass is 116 g/mol. The molecule has 0 aromatic rings. The van der Waals surface area contributed by atoms with Crippen molar-refractivity contribution in [1.82, 2.24) is 5.06 Å². The first-order valence-electron chi connectivity index (χ1n) is 2.80. The Hall–Kier alpha value is -0.0800. The van der Waals surface area contributed by atoms with Crippen LogP contribution in [0.1, 0.15) is 20.8 Å². The smallest absolute Gasteiger partial charge is 0.00969 e. The zero-order valence-corrected chi connectivity index (χ0v) is 6.06. The van der Waals surface area contributed by atoms with Crippen LogP contribution < -0.4 is 0 Å². The summed E-state index contributed by atoms with van der Waals surface area (Å²) >= 11 is 0. The molecule has 0 N–H and O–H groups in total. The Bertz CT molecular complexity index is 63.4. The molecule has 0 aliphatic carbocycles. The molecule has 0 saturated carbocycles. The summed E-state index contributed by atoms with van der Waals surface area (Å²) in [6.07, 6.45) is 0. The Labute approximate surface area is 51.1 Å². The topological polar surface area (TPSA) is 26.3 Å². The molecule has 50 valence electrons. The highest BCUT2D eigenvalue weighted by Crippen LogP contribution is 2.12. The minimum absolute atomic E-state index is 0.135. The molecule has 0 spiro atoms. The maximum Gasteiger partial charge on any atom is -0.00969 e. The van der Waals surface area contributed by atoms with Crippen LogP contribution in [0.4, 0.5) is 0 Å². The molecule has 0 atom stereocenters. The van der Waals surface area contributed by atoms with Crippen LogP contribution in [0.2, 0.25) is 0 Å². The van der Waals surface area contributed by atoms with E-state index >= 15 is 0 Å². The molecule has 0 heterocycles. The summed E-state index contributed by atoms with van der Waals surface area (Å²) in [5, 5.41) is 11.3. The lowest BCUT2D eigenvalue weighted by Gasteiger charge is -2.30. The highest BCUT2D eigenvalue weighted by atomic mass is 16.5. The molecule has 0 fully saturated rings. The predicted molar refractivity (Wildman–Crippen MR) is 35.5 cm³/mol. The molecule has 2 nitrogen and oxygen atoms in total. The first kappa shape index (κ1) is 7.92. The average molecular weight is 116 g/mol. The van der Waals surface area contributed by atoms with Gasteiger partial charge >= 0.3 is 0 Å². The van der Waals surface area contributed by atoms with Gasteiger partial charge in [-0.2, -0.15) is 0 Å². The van der Waals surface area contributed by atoms with Gasteiger partial charge in [-0.3, -0.25) is 0 Å². The first-order chi connectivity index (χ1) is 3.42. The Kier molecular flexibility index (Phi) is 2.44. The van der Waals surface area contributed by atoms with Crippen molar-refractivity contribution in [3.05, 3.63) is 5.21 Å². The van der Waals surface area contributed by atoms with E-state index in [1.165, 1.54) is 0 Å². The summed E-state index contributed by atoms with van der Waals surface area (Å²) in [7, 11) is 1.55. The van der Waals surface area contributed by atoms with Crippen molar-refractivity contribution in [3.63, 3.8) is 0 Å². The lowest BCUT2D eigenvalue weighted by molar-refractivity contribution is 0.286. The van der Waals surface area contributed by atoms with Gasteiger partial charge in [0.1, 0.15) is 0 Å². The van der Waals surface area contributed by atoms with E-state index in [1.807, 2.05) is 20.8 Å². The molecular formula is C6H14NO-. The number of rotatable bonds is 1. The van der Waals surface area contributed by atoms with E-state index in [0.29, 0.717) is 6.54 Å². The van der Waals surface area contributed by atoms with Crippen molar-refractivity contribution in [1.29, 1.82) is 0 Å². The second-order valence-electron chi connectivity index (χ2n) is 3.35. The van der Waals surface area contributed by atoms with Crippen LogP contribution in [0.3, 0.4) is 0 Å². The van der Waals surface area contributed by atoms with Gasteiger partial charge in [0.15, 0.2) is 0 Å². The minimum atomic E-state index is 0.135. The van der Waals surface area contributed by atoms with E-state index in [1.54, 1.807) is 7.05 Å². The molecule has 0 saturated heterocycles. The Morgan fingerprint density at radius 3 is 1.75 bits per heavy atom. The van der Waals surface area contributed by atoms with E-state index in [0.717, 1.165) is 5.06 Å². The van der Waals surface area contributed by atoms with Crippen LogP contribution in [-0.4, -0.2) is 18.7 Å². The maximum absolute atomic E-state index is 10.4. The standard InChI is InChI=1S/C6H14NO/c1-6(2,3)5-7(4)8/h5H2,1-4H3/q-1. The number of hydroxylamine groups is 2. The van der Waals surface area contributed by atoms with E-state index < -0.39 is 0 Å². The molecule has 0 aliphatic heterocycles. The van der Waals surface area contributed by atoms with Gasteiger partial charge in [-0.15, -0.1) is 0 Å². The molecule has 0 aromatic carbocycles. The molecule has 0 amide bonds. The average Bonchev–Trinajstić information content (AvgIpc) is 1.21. The highest BCUT2D eigenvalue weighted by Gasteiger charge is 2.07. The zero-order chi connectivity index (χ0) is 6.78. The third-order valence-corrected chi connectivity index (χ3v) is 0.697. The van der Waals surface area contributed by atoms with Crippen LogP contribution in [0.15, 0.2) is 0 Å². The summed E-state index contributed by atoms with van der Waals surface area (Å²) in [6.45, 7) is 6.73. The Balaban J connectivity index is 3.39. The van der Waals surface area contributed by atoms with Crippen molar-refractivity contribution in [2.24, 2.45) is 5.41 Å². The second-order valence-corrected chi connectivity index (χ2v) is 3.35.